The van der Waals surface area contributed by atoms with Gasteiger partial charge in [0.15, 0.2) is 5.01 Å². The van der Waals surface area contributed by atoms with E-state index in [1.165, 1.54) is 0 Å². The highest BCUT2D eigenvalue weighted by Crippen LogP contribution is 2.38. The van der Waals surface area contributed by atoms with Crippen molar-refractivity contribution in [3.63, 3.8) is 0 Å². The summed E-state index contributed by atoms with van der Waals surface area (Å²) in [5, 5.41) is -0.989. The molecule has 3 nitrogen and oxygen atoms in total. The zero-order chi connectivity index (χ0) is 13.3. The average molecular weight is 279 g/mol. The van der Waals surface area contributed by atoms with Crippen LogP contribution in [0, 0.1) is 5.92 Å². The molecule has 0 aliphatic heterocycles. The molecule has 0 N–H and O–H groups in total. The molecule has 18 heavy (non-hydrogen) atoms. The second kappa shape index (κ2) is 4.97. The van der Waals surface area contributed by atoms with Gasteiger partial charge in [0.1, 0.15) is 6.10 Å². The van der Waals surface area contributed by atoms with Gasteiger partial charge in [0.05, 0.1) is 4.88 Å². The summed E-state index contributed by atoms with van der Waals surface area (Å²) in [5.41, 5.74) is 0. The monoisotopic (exact) mass is 279 g/mol. The summed E-state index contributed by atoms with van der Waals surface area (Å²) < 4.78 is 42.5. The van der Waals surface area contributed by atoms with Crippen LogP contribution in [0.25, 0.3) is 0 Å². The largest absolute Gasteiger partial charge is 0.443 e. The van der Waals surface area contributed by atoms with Gasteiger partial charge in [-0.05, 0) is 25.7 Å². The van der Waals surface area contributed by atoms with Crippen LogP contribution in [0.3, 0.4) is 0 Å². The molecule has 1 heterocycles. The number of carbonyl (C=O) groups is 1. The van der Waals surface area contributed by atoms with Crippen LogP contribution in [-0.2, 0) is 10.9 Å². The Hall–Kier alpha value is -0.950. The van der Waals surface area contributed by atoms with E-state index in [2.05, 4.69) is 4.98 Å². The van der Waals surface area contributed by atoms with Crippen LogP contribution < -0.4 is 0 Å². The Kier molecular flexibility index (Phi) is 3.72. The van der Waals surface area contributed by atoms with E-state index in [9.17, 15) is 18.0 Å². The number of Topliss-reactive ketones (excluding diaryl/α,β-unsaturated/α-hetero) is 1. The van der Waals surface area contributed by atoms with Crippen molar-refractivity contribution in [2.75, 3.05) is 6.61 Å². The highest BCUT2D eigenvalue weighted by Gasteiger charge is 2.40. The summed E-state index contributed by atoms with van der Waals surface area (Å²) in [5.74, 6) is -0.235. The zero-order valence-corrected chi connectivity index (χ0v) is 10.5. The molecule has 0 spiro atoms. The Morgan fingerprint density at radius 3 is 2.72 bits per heavy atom. The van der Waals surface area contributed by atoms with Gasteiger partial charge in [0, 0.05) is 12.8 Å². The number of ketones is 1. The van der Waals surface area contributed by atoms with E-state index in [-0.39, 0.29) is 16.6 Å². The highest BCUT2D eigenvalue weighted by atomic mass is 32.1. The first-order valence-electron chi connectivity index (χ1n) is 5.62. The molecule has 7 heteroatoms. The fourth-order valence-corrected chi connectivity index (χ4v) is 2.42. The SMILES string of the molecule is CCOC(C(=O)c1cnc(C(F)(F)F)s1)C1CC1. The van der Waals surface area contributed by atoms with Crippen molar-refractivity contribution >= 4 is 17.1 Å². The predicted molar refractivity (Wildman–Crippen MR) is 59.6 cm³/mol. The average Bonchev–Trinajstić information content (AvgIpc) is 2.99. The second-order valence-corrected chi connectivity index (χ2v) is 5.14. The summed E-state index contributed by atoms with van der Waals surface area (Å²) in [7, 11) is 0. The molecule has 2 rings (SSSR count). The van der Waals surface area contributed by atoms with Crippen molar-refractivity contribution in [2.24, 2.45) is 5.92 Å². The third-order valence-electron chi connectivity index (χ3n) is 2.65. The quantitative estimate of drug-likeness (QED) is 0.777. The minimum atomic E-state index is -4.50. The molecule has 1 aromatic heterocycles. The number of halogens is 3. The van der Waals surface area contributed by atoms with Crippen molar-refractivity contribution in [2.45, 2.75) is 32.0 Å². The van der Waals surface area contributed by atoms with E-state index in [1.807, 2.05) is 0 Å². The Balaban J connectivity index is 2.14. The fraction of sp³-hybridized carbons (Fsp3) is 0.636. The molecule has 1 aliphatic carbocycles. The van der Waals surface area contributed by atoms with Crippen molar-refractivity contribution in [3.8, 4) is 0 Å². The normalized spacial score (nSPS) is 17.8. The first kappa shape index (κ1) is 13.5. The maximum atomic E-state index is 12.4. The Morgan fingerprint density at radius 1 is 1.61 bits per heavy atom. The predicted octanol–water partition coefficient (Wildman–Crippen LogP) is 3.16. The third kappa shape index (κ3) is 2.89. The molecule has 100 valence electrons. The van der Waals surface area contributed by atoms with E-state index in [0.717, 1.165) is 19.0 Å². The van der Waals surface area contributed by atoms with E-state index in [0.29, 0.717) is 17.9 Å². The van der Waals surface area contributed by atoms with Crippen molar-refractivity contribution < 1.29 is 22.7 Å². The molecular weight excluding hydrogens is 267 g/mol. The molecule has 1 aromatic rings. The number of rotatable bonds is 5. The summed E-state index contributed by atoms with van der Waals surface area (Å²) in [6, 6.07) is 0. The Morgan fingerprint density at radius 2 is 2.28 bits per heavy atom. The molecule has 0 saturated heterocycles. The molecule has 1 fully saturated rings. The fourth-order valence-electron chi connectivity index (χ4n) is 1.66. The van der Waals surface area contributed by atoms with Crippen LogP contribution in [0.2, 0.25) is 0 Å². The van der Waals surface area contributed by atoms with Crippen molar-refractivity contribution in [1.82, 2.24) is 4.98 Å². The number of ether oxygens (including phenoxy) is 1. The van der Waals surface area contributed by atoms with Gasteiger partial charge in [-0.2, -0.15) is 13.2 Å². The first-order chi connectivity index (χ1) is 8.43. The van der Waals surface area contributed by atoms with Gasteiger partial charge in [0.2, 0.25) is 5.78 Å². The molecule has 1 atom stereocenters. The summed E-state index contributed by atoms with van der Waals surface area (Å²) in [6.07, 6.45) is -2.34. The van der Waals surface area contributed by atoms with Crippen molar-refractivity contribution in [1.29, 1.82) is 0 Å². The van der Waals surface area contributed by atoms with Gasteiger partial charge < -0.3 is 4.74 Å². The maximum Gasteiger partial charge on any atom is 0.443 e. The number of hydrogen-bond donors (Lipinski definition) is 0. The molecule has 1 saturated carbocycles. The molecule has 1 aliphatic rings. The highest BCUT2D eigenvalue weighted by molar-refractivity contribution is 7.13. The molecular formula is C11H12F3NO2S. The topological polar surface area (TPSA) is 39.2 Å². The minimum Gasteiger partial charge on any atom is -0.370 e. The molecule has 1 unspecified atom stereocenters. The second-order valence-electron chi connectivity index (χ2n) is 4.11. The first-order valence-corrected chi connectivity index (χ1v) is 6.44. The maximum absolute atomic E-state index is 12.4. The van der Waals surface area contributed by atoms with Gasteiger partial charge in [-0.15, -0.1) is 11.3 Å². The van der Waals surface area contributed by atoms with Gasteiger partial charge in [0.25, 0.3) is 0 Å². The van der Waals surface area contributed by atoms with Crippen LogP contribution in [0.15, 0.2) is 6.20 Å². The minimum absolute atomic E-state index is 0.0210. The van der Waals surface area contributed by atoms with Crippen LogP contribution in [0.5, 0.6) is 0 Å². The van der Waals surface area contributed by atoms with E-state index >= 15 is 0 Å². The lowest BCUT2D eigenvalue weighted by Gasteiger charge is -2.13. The van der Waals surface area contributed by atoms with E-state index in [1.54, 1.807) is 6.92 Å². The third-order valence-corrected chi connectivity index (χ3v) is 3.70. The van der Waals surface area contributed by atoms with E-state index < -0.39 is 17.3 Å². The van der Waals surface area contributed by atoms with Crippen LogP contribution >= 0.6 is 11.3 Å². The lowest BCUT2D eigenvalue weighted by Crippen LogP contribution is -2.26. The summed E-state index contributed by atoms with van der Waals surface area (Å²) in [4.78, 5) is 15.3. The van der Waals surface area contributed by atoms with Gasteiger partial charge in [-0.25, -0.2) is 4.98 Å². The van der Waals surface area contributed by atoms with Crippen LogP contribution in [0.4, 0.5) is 13.2 Å². The number of hydrogen-bond acceptors (Lipinski definition) is 4. The Bertz CT molecular complexity index is 440. The van der Waals surface area contributed by atoms with Crippen LogP contribution in [0.1, 0.15) is 34.4 Å². The van der Waals surface area contributed by atoms with Gasteiger partial charge >= 0.3 is 6.18 Å². The standard InChI is InChI=1S/C11H12F3NO2S/c1-2-17-9(6-3-4-6)8(16)7-5-15-10(18-7)11(12,13)14/h5-6,9H,2-4H2,1H3. The number of thiazole rings is 1. The van der Waals surface area contributed by atoms with Gasteiger partial charge in [-0.3, -0.25) is 4.79 Å². The number of aromatic nitrogens is 1. The van der Waals surface area contributed by atoms with Gasteiger partial charge in [-0.1, -0.05) is 0 Å². The Labute approximate surface area is 106 Å². The van der Waals surface area contributed by atoms with Crippen LogP contribution in [-0.4, -0.2) is 23.5 Å². The lowest BCUT2D eigenvalue weighted by molar-refractivity contribution is -0.137. The molecule has 0 aromatic carbocycles. The number of carbonyl (C=O) groups excluding carboxylic acids is 1. The smallest absolute Gasteiger partial charge is 0.370 e. The number of nitrogens with zero attached hydrogens (tertiary/aromatic N) is 1. The summed E-state index contributed by atoms with van der Waals surface area (Å²) in [6.45, 7) is 2.13. The zero-order valence-electron chi connectivity index (χ0n) is 9.66. The summed E-state index contributed by atoms with van der Waals surface area (Å²) >= 11 is 0.382. The molecule has 0 bridgehead atoms. The molecule has 0 radical (unpaired) electrons. The van der Waals surface area contributed by atoms with E-state index in [4.69, 9.17) is 4.74 Å². The molecule has 0 amide bonds. The van der Waals surface area contributed by atoms with Crippen molar-refractivity contribution in [3.05, 3.63) is 16.1 Å². The number of alkyl halides is 3. The lowest BCUT2D eigenvalue weighted by atomic mass is 10.1.